The Morgan fingerprint density at radius 3 is 2.53 bits per heavy atom. The van der Waals surface area contributed by atoms with Crippen LogP contribution < -0.4 is 5.73 Å². The van der Waals surface area contributed by atoms with Crippen LogP contribution in [0.25, 0.3) is 0 Å². The smallest absolute Gasteiger partial charge is 0.237 e. The van der Waals surface area contributed by atoms with Crippen LogP contribution in [-0.2, 0) is 22.5 Å². The molecule has 0 saturated heterocycles. The third-order valence-electron chi connectivity index (χ3n) is 7.37. The quantitative estimate of drug-likeness (QED) is 0.528. The van der Waals surface area contributed by atoms with Gasteiger partial charge in [-0.2, -0.15) is 5.26 Å². The maximum Gasteiger partial charge on any atom is 0.237 e. The number of halogens is 1. The molecule has 34 heavy (non-hydrogen) atoms. The predicted octanol–water partition coefficient (Wildman–Crippen LogP) is 3.12. The van der Waals surface area contributed by atoms with E-state index in [1.807, 2.05) is 6.07 Å². The van der Waals surface area contributed by atoms with Gasteiger partial charge in [-0.15, -0.1) is 0 Å². The maximum absolute atomic E-state index is 14.1. The lowest BCUT2D eigenvalue weighted by molar-refractivity contribution is -0.136. The van der Waals surface area contributed by atoms with Crippen molar-refractivity contribution >= 4 is 11.9 Å². The van der Waals surface area contributed by atoms with Gasteiger partial charge in [0, 0.05) is 7.11 Å². The minimum Gasteiger partial charge on any atom is -0.381 e. The SMILES string of the molecule is COC1[C@H](C)CC2(Cc3ccc(C#N)cc3[C@H]2C(=O)N(Cc2ncc(F)cn2)C(=N)N)C[C@@H]1C. The van der Waals surface area contributed by atoms with Gasteiger partial charge in [-0.3, -0.25) is 15.1 Å². The molecule has 1 spiro atoms. The van der Waals surface area contributed by atoms with Gasteiger partial charge in [0.2, 0.25) is 5.91 Å². The zero-order valence-electron chi connectivity index (χ0n) is 19.6. The minimum absolute atomic E-state index is 0.0938. The zero-order valence-corrected chi connectivity index (χ0v) is 19.6. The summed E-state index contributed by atoms with van der Waals surface area (Å²) in [5.41, 5.74) is 7.80. The van der Waals surface area contributed by atoms with Crippen molar-refractivity contribution in [3.63, 3.8) is 0 Å². The first-order valence-electron chi connectivity index (χ1n) is 11.4. The van der Waals surface area contributed by atoms with E-state index in [0.717, 1.165) is 41.3 Å². The first kappa shape index (κ1) is 23.8. The Bertz CT molecular complexity index is 1130. The van der Waals surface area contributed by atoms with Crippen LogP contribution in [0, 0.1) is 39.8 Å². The third-order valence-corrected chi connectivity index (χ3v) is 7.37. The lowest BCUT2D eigenvalue weighted by atomic mass is 9.59. The first-order valence-corrected chi connectivity index (χ1v) is 11.4. The molecule has 0 aliphatic heterocycles. The molecule has 0 radical (unpaired) electrons. The van der Waals surface area contributed by atoms with Crippen molar-refractivity contribution in [1.29, 1.82) is 10.7 Å². The lowest BCUT2D eigenvalue weighted by Gasteiger charge is -2.48. The fourth-order valence-corrected chi connectivity index (χ4v) is 6.30. The van der Waals surface area contributed by atoms with Gasteiger partial charge in [0.15, 0.2) is 11.8 Å². The molecular formula is C25H29FN6O2. The van der Waals surface area contributed by atoms with E-state index >= 15 is 0 Å². The summed E-state index contributed by atoms with van der Waals surface area (Å²) in [6.07, 6.45) is 4.37. The van der Waals surface area contributed by atoms with Crippen molar-refractivity contribution in [2.24, 2.45) is 23.0 Å². The molecule has 2 aromatic rings. The third kappa shape index (κ3) is 4.14. The van der Waals surface area contributed by atoms with Gasteiger partial charge in [-0.25, -0.2) is 14.4 Å². The highest BCUT2D eigenvalue weighted by Gasteiger charge is 2.55. The highest BCUT2D eigenvalue weighted by Crippen LogP contribution is 2.58. The number of hydrogen-bond donors (Lipinski definition) is 2. The molecular weight excluding hydrogens is 435 g/mol. The van der Waals surface area contributed by atoms with Crippen molar-refractivity contribution in [3.05, 3.63) is 58.9 Å². The summed E-state index contributed by atoms with van der Waals surface area (Å²) in [6.45, 7) is 4.15. The van der Waals surface area contributed by atoms with E-state index in [0.29, 0.717) is 12.0 Å². The summed E-state index contributed by atoms with van der Waals surface area (Å²) in [7, 11) is 1.72. The number of benzene rings is 1. The van der Waals surface area contributed by atoms with Gasteiger partial charge in [-0.1, -0.05) is 19.9 Å². The molecule has 8 nitrogen and oxygen atoms in total. The van der Waals surface area contributed by atoms with Crippen LogP contribution in [0.3, 0.4) is 0 Å². The molecule has 1 aromatic heterocycles. The van der Waals surface area contributed by atoms with Gasteiger partial charge >= 0.3 is 0 Å². The molecule has 178 valence electrons. The number of nitrogens with two attached hydrogens (primary N) is 1. The average Bonchev–Trinajstić information content (AvgIpc) is 3.09. The summed E-state index contributed by atoms with van der Waals surface area (Å²) in [5.74, 6) is -1.29. The lowest BCUT2D eigenvalue weighted by Crippen LogP contribution is -2.50. The van der Waals surface area contributed by atoms with E-state index < -0.39 is 23.1 Å². The second-order valence-corrected chi connectivity index (χ2v) is 9.69. The van der Waals surface area contributed by atoms with Crippen molar-refractivity contribution < 1.29 is 13.9 Å². The van der Waals surface area contributed by atoms with Crippen LogP contribution in [0.4, 0.5) is 4.39 Å². The molecule has 1 heterocycles. The van der Waals surface area contributed by atoms with Gasteiger partial charge in [0.25, 0.3) is 0 Å². The molecule has 2 unspecified atom stereocenters. The van der Waals surface area contributed by atoms with E-state index in [9.17, 15) is 14.4 Å². The molecule has 9 heteroatoms. The topological polar surface area (TPSA) is 129 Å². The van der Waals surface area contributed by atoms with E-state index in [2.05, 4.69) is 29.9 Å². The largest absolute Gasteiger partial charge is 0.381 e. The Kier molecular flexibility index (Phi) is 6.36. The first-order chi connectivity index (χ1) is 16.2. The molecule has 5 atom stereocenters. The van der Waals surface area contributed by atoms with E-state index in [1.165, 1.54) is 0 Å². The zero-order chi connectivity index (χ0) is 24.6. The maximum atomic E-state index is 14.1. The predicted molar refractivity (Wildman–Crippen MR) is 123 cm³/mol. The standard InChI is InChI=1S/C25H29FN6O2/c1-14-7-25(8-15(2)22(14)34-3)9-17-5-4-16(10-27)6-19(17)21(25)23(33)32(24(28)29)13-20-30-11-18(26)12-31-20/h4-6,11-12,14-15,21-22H,7-9,13H2,1-3H3,(H3,28,29)/t14-,15+,21-,22?,25?/m0/s1. The highest BCUT2D eigenvalue weighted by molar-refractivity contribution is 5.99. The summed E-state index contributed by atoms with van der Waals surface area (Å²) < 4.78 is 19.0. The number of hydrogen-bond acceptors (Lipinski definition) is 6. The van der Waals surface area contributed by atoms with Gasteiger partial charge in [0.1, 0.15) is 5.82 Å². The minimum atomic E-state index is -0.588. The Hall–Kier alpha value is -3.38. The summed E-state index contributed by atoms with van der Waals surface area (Å²) in [4.78, 5) is 23.2. The van der Waals surface area contributed by atoms with Crippen molar-refractivity contribution in [2.75, 3.05) is 7.11 Å². The number of carbonyl (C=O) groups is 1. The molecule has 3 N–H and O–H groups in total. The van der Waals surface area contributed by atoms with Crippen LogP contribution in [-0.4, -0.2) is 39.9 Å². The Labute approximate surface area is 198 Å². The fourth-order valence-electron chi connectivity index (χ4n) is 6.30. The van der Waals surface area contributed by atoms with Gasteiger partial charge in [-0.05, 0) is 59.8 Å². The Morgan fingerprint density at radius 1 is 1.32 bits per heavy atom. The summed E-state index contributed by atoms with van der Waals surface area (Å²) in [6, 6.07) is 7.67. The van der Waals surface area contributed by atoms with E-state index in [-0.39, 0.29) is 36.2 Å². The van der Waals surface area contributed by atoms with Crippen LogP contribution in [0.2, 0.25) is 0 Å². The number of carbonyl (C=O) groups excluding carboxylic acids is 1. The van der Waals surface area contributed by atoms with Crippen LogP contribution in [0.5, 0.6) is 0 Å². The second kappa shape index (κ2) is 9.11. The van der Waals surface area contributed by atoms with Crippen molar-refractivity contribution in [1.82, 2.24) is 14.9 Å². The van der Waals surface area contributed by atoms with Crippen LogP contribution in [0.15, 0.2) is 30.6 Å². The number of nitriles is 1. The van der Waals surface area contributed by atoms with E-state index in [4.69, 9.17) is 15.9 Å². The molecule has 1 saturated carbocycles. The van der Waals surface area contributed by atoms with Crippen molar-refractivity contribution in [3.8, 4) is 6.07 Å². The molecule has 2 aliphatic rings. The number of aromatic nitrogens is 2. The van der Waals surface area contributed by atoms with Crippen LogP contribution >= 0.6 is 0 Å². The number of amides is 1. The fraction of sp³-hybridized carbons (Fsp3) is 0.480. The molecule has 4 rings (SSSR count). The van der Waals surface area contributed by atoms with E-state index in [1.54, 1.807) is 19.2 Å². The number of ether oxygens (including phenoxy) is 1. The Morgan fingerprint density at radius 2 is 1.97 bits per heavy atom. The summed E-state index contributed by atoms with van der Waals surface area (Å²) in [5, 5.41) is 17.6. The highest BCUT2D eigenvalue weighted by atomic mass is 19.1. The molecule has 1 fully saturated rings. The van der Waals surface area contributed by atoms with Gasteiger partial charge in [0.05, 0.1) is 42.6 Å². The molecule has 1 amide bonds. The second-order valence-electron chi connectivity index (χ2n) is 9.69. The monoisotopic (exact) mass is 464 g/mol. The average molecular weight is 465 g/mol. The van der Waals surface area contributed by atoms with Crippen LogP contribution in [0.1, 0.15) is 55.1 Å². The number of rotatable bonds is 4. The van der Waals surface area contributed by atoms with Crippen molar-refractivity contribution in [2.45, 2.75) is 51.7 Å². The summed E-state index contributed by atoms with van der Waals surface area (Å²) >= 11 is 0. The van der Waals surface area contributed by atoms with Gasteiger partial charge < -0.3 is 10.5 Å². The number of fused-ring (bicyclic) bond motifs is 1. The molecule has 0 bridgehead atoms. The number of nitrogens with zero attached hydrogens (tertiary/aromatic N) is 4. The number of nitrogens with one attached hydrogen (secondary N) is 1. The molecule has 1 aromatic carbocycles. The molecule has 2 aliphatic carbocycles. The number of guanidine groups is 1. The number of methoxy groups -OCH3 is 1. The Balaban J connectivity index is 1.77. The normalized spacial score (nSPS) is 27.7.